The third-order valence-electron chi connectivity index (χ3n) is 1.57. The molecule has 76 valence electrons. The number of ether oxygens (including phenoxy) is 1. The minimum absolute atomic E-state index is 0.329. The molecule has 0 heterocycles. The van der Waals surface area contributed by atoms with Crippen molar-refractivity contribution in [1.82, 2.24) is 0 Å². The fraction of sp³-hybridized carbons (Fsp3) is 0.300. The van der Waals surface area contributed by atoms with Gasteiger partial charge in [-0.1, -0.05) is 16.8 Å². The second kappa shape index (κ2) is 5.50. The molecule has 14 heavy (non-hydrogen) atoms. The quantitative estimate of drug-likeness (QED) is 0.569. The minimum atomic E-state index is 0.329. The van der Waals surface area contributed by atoms with Crippen molar-refractivity contribution < 1.29 is 9.57 Å². The van der Waals surface area contributed by atoms with E-state index in [1.165, 1.54) is 7.11 Å². The molecular formula is C10H12ClNO2. The van der Waals surface area contributed by atoms with Gasteiger partial charge in [0.1, 0.15) is 12.9 Å². The Morgan fingerprint density at radius 1 is 1.36 bits per heavy atom. The third kappa shape index (κ3) is 2.92. The molecule has 4 heteroatoms. The van der Waals surface area contributed by atoms with Crippen LogP contribution in [0.3, 0.4) is 0 Å². The Balaban J connectivity index is 2.77. The molecule has 0 N–H and O–H groups in total. The molecule has 0 fully saturated rings. The van der Waals surface area contributed by atoms with Gasteiger partial charge in [-0.2, -0.15) is 0 Å². The summed E-state index contributed by atoms with van der Waals surface area (Å²) in [4.78, 5) is 4.56. The van der Waals surface area contributed by atoms with Crippen molar-refractivity contribution in [1.29, 1.82) is 0 Å². The van der Waals surface area contributed by atoms with E-state index < -0.39 is 0 Å². The largest absolute Gasteiger partial charge is 0.494 e. The molecule has 1 aromatic carbocycles. The lowest BCUT2D eigenvalue weighted by atomic mass is 10.2. The summed E-state index contributed by atoms with van der Waals surface area (Å²) >= 11 is 5.82. The van der Waals surface area contributed by atoms with Crippen molar-refractivity contribution in [3.05, 3.63) is 29.8 Å². The second-order valence-corrected chi connectivity index (χ2v) is 2.88. The van der Waals surface area contributed by atoms with Crippen molar-refractivity contribution in [3.8, 4) is 5.75 Å². The average molecular weight is 214 g/mol. The van der Waals surface area contributed by atoms with Gasteiger partial charge in [-0.3, -0.25) is 0 Å². The Morgan fingerprint density at radius 2 is 2.00 bits per heavy atom. The lowest BCUT2D eigenvalue weighted by Gasteiger charge is -2.03. The molecule has 0 spiro atoms. The molecule has 0 aliphatic carbocycles. The van der Waals surface area contributed by atoms with Crippen LogP contribution in [0, 0.1) is 0 Å². The minimum Gasteiger partial charge on any atom is -0.494 e. The second-order valence-electron chi connectivity index (χ2n) is 2.52. The number of rotatable bonds is 4. The molecule has 0 radical (unpaired) electrons. The predicted molar refractivity (Wildman–Crippen MR) is 57.0 cm³/mol. The predicted octanol–water partition coefficient (Wildman–Crippen LogP) is 2.63. The van der Waals surface area contributed by atoms with E-state index in [-0.39, 0.29) is 0 Å². The SMILES string of the molecule is CCOc1ccc(C(Cl)=NOC)cc1. The third-order valence-corrected chi connectivity index (χ3v) is 1.86. The summed E-state index contributed by atoms with van der Waals surface area (Å²) in [5.41, 5.74) is 0.803. The lowest BCUT2D eigenvalue weighted by molar-refractivity contribution is 0.214. The Hall–Kier alpha value is -1.22. The van der Waals surface area contributed by atoms with Gasteiger partial charge in [-0.15, -0.1) is 0 Å². The van der Waals surface area contributed by atoms with Crippen LogP contribution in [0.4, 0.5) is 0 Å². The van der Waals surface area contributed by atoms with Gasteiger partial charge in [0.05, 0.1) is 6.61 Å². The van der Waals surface area contributed by atoms with Crippen molar-refractivity contribution in [2.45, 2.75) is 6.92 Å². The topological polar surface area (TPSA) is 30.8 Å². The molecule has 1 rings (SSSR count). The highest BCUT2D eigenvalue weighted by molar-refractivity contribution is 6.69. The van der Waals surface area contributed by atoms with E-state index in [0.717, 1.165) is 11.3 Å². The molecule has 0 aromatic heterocycles. The van der Waals surface area contributed by atoms with E-state index >= 15 is 0 Å². The fourth-order valence-corrected chi connectivity index (χ4v) is 1.18. The summed E-state index contributed by atoms with van der Waals surface area (Å²) in [5.74, 6) is 0.818. The molecule has 0 atom stereocenters. The van der Waals surface area contributed by atoms with Crippen LogP contribution >= 0.6 is 11.6 Å². The normalized spacial score (nSPS) is 11.2. The van der Waals surface area contributed by atoms with E-state index in [2.05, 4.69) is 9.99 Å². The van der Waals surface area contributed by atoms with E-state index in [9.17, 15) is 0 Å². The average Bonchev–Trinajstić information content (AvgIpc) is 2.20. The van der Waals surface area contributed by atoms with Crippen LogP contribution in [0.5, 0.6) is 5.75 Å². The molecule has 0 amide bonds. The summed E-state index contributed by atoms with van der Waals surface area (Å²) in [6, 6.07) is 7.34. The maximum atomic E-state index is 5.82. The zero-order valence-electron chi connectivity index (χ0n) is 8.16. The van der Waals surface area contributed by atoms with Crippen molar-refractivity contribution >= 4 is 16.8 Å². The monoisotopic (exact) mass is 213 g/mol. The zero-order chi connectivity index (χ0) is 10.4. The summed E-state index contributed by atoms with van der Waals surface area (Å²) < 4.78 is 5.29. The van der Waals surface area contributed by atoms with E-state index in [1.807, 2.05) is 31.2 Å². The van der Waals surface area contributed by atoms with Gasteiger partial charge >= 0.3 is 0 Å². The molecule has 0 saturated carbocycles. The Bertz CT molecular complexity index is 308. The van der Waals surface area contributed by atoms with E-state index in [4.69, 9.17) is 16.3 Å². The zero-order valence-corrected chi connectivity index (χ0v) is 8.91. The van der Waals surface area contributed by atoms with Gasteiger partial charge in [0.25, 0.3) is 0 Å². The van der Waals surface area contributed by atoms with Crippen molar-refractivity contribution in [2.75, 3.05) is 13.7 Å². The van der Waals surface area contributed by atoms with Gasteiger partial charge in [0.2, 0.25) is 0 Å². The van der Waals surface area contributed by atoms with E-state index in [1.54, 1.807) is 0 Å². The van der Waals surface area contributed by atoms with Gasteiger partial charge in [-0.05, 0) is 31.2 Å². The van der Waals surface area contributed by atoms with Crippen LogP contribution in [0.15, 0.2) is 29.4 Å². The number of hydrogen-bond donors (Lipinski definition) is 0. The first kappa shape index (κ1) is 10.9. The van der Waals surface area contributed by atoms with Crippen LogP contribution in [0.1, 0.15) is 12.5 Å². The van der Waals surface area contributed by atoms with Crippen molar-refractivity contribution in [2.24, 2.45) is 5.16 Å². The van der Waals surface area contributed by atoms with Crippen molar-refractivity contribution in [3.63, 3.8) is 0 Å². The summed E-state index contributed by atoms with van der Waals surface area (Å²) in [5, 5.41) is 3.94. The molecule has 0 aliphatic heterocycles. The highest BCUT2D eigenvalue weighted by atomic mass is 35.5. The molecule has 0 unspecified atom stereocenters. The molecule has 0 aliphatic rings. The Kier molecular flexibility index (Phi) is 4.26. The first-order chi connectivity index (χ1) is 6.77. The number of hydrogen-bond acceptors (Lipinski definition) is 3. The Morgan fingerprint density at radius 3 is 2.50 bits per heavy atom. The molecule has 1 aromatic rings. The van der Waals surface area contributed by atoms with Crippen LogP contribution in [0.2, 0.25) is 0 Å². The Labute approximate surface area is 88.3 Å². The van der Waals surface area contributed by atoms with E-state index in [0.29, 0.717) is 11.8 Å². The van der Waals surface area contributed by atoms with Gasteiger partial charge in [0.15, 0.2) is 5.17 Å². The first-order valence-electron chi connectivity index (χ1n) is 4.27. The van der Waals surface area contributed by atoms with Gasteiger partial charge in [-0.25, -0.2) is 0 Å². The maximum absolute atomic E-state index is 5.82. The van der Waals surface area contributed by atoms with Crippen LogP contribution in [0.25, 0.3) is 0 Å². The smallest absolute Gasteiger partial charge is 0.175 e. The molecule has 0 bridgehead atoms. The lowest BCUT2D eigenvalue weighted by Crippen LogP contribution is -1.94. The van der Waals surface area contributed by atoms with Crippen LogP contribution < -0.4 is 4.74 Å². The molecule has 3 nitrogen and oxygen atoms in total. The highest BCUT2D eigenvalue weighted by Crippen LogP contribution is 2.14. The summed E-state index contributed by atoms with van der Waals surface area (Å²) in [6.45, 7) is 2.59. The summed E-state index contributed by atoms with van der Waals surface area (Å²) in [7, 11) is 1.46. The van der Waals surface area contributed by atoms with Gasteiger partial charge < -0.3 is 9.57 Å². The number of benzene rings is 1. The van der Waals surface area contributed by atoms with Gasteiger partial charge in [0, 0.05) is 5.56 Å². The number of oxime groups is 1. The fourth-order valence-electron chi connectivity index (χ4n) is 0.988. The standard InChI is InChI=1S/C10H12ClNO2/c1-3-14-9-6-4-8(5-7-9)10(11)12-13-2/h4-7H,3H2,1-2H3. The molecular weight excluding hydrogens is 202 g/mol. The first-order valence-corrected chi connectivity index (χ1v) is 4.65. The number of nitrogens with zero attached hydrogens (tertiary/aromatic N) is 1. The maximum Gasteiger partial charge on any atom is 0.175 e. The number of halogens is 1. The summed E-state index contributed by atoms with van der Waals surface area (Å²) in [6.07, 6.45) is 0. The van der Waals surface area contributed by atoms with Crippen LogP contribution in [-0.4, -0.2) is 18.9 Å². The molecule has 0 saturated heterocycles. The highest BCUT2D eigenvalue weighted by Gasteiger charge is 2.00. The van der Waals surface area contributed by atoms with Crippen LogP contribution in [-0.2, 0) is 4.84 Å².